The highest BCUT2D eigenvalue weighted by atomic mass is 19.1. The lowest BCUT2D eigenvalue weighted by molar-refractivity contribution is -0.385. The number of hydrogen-bond donors (Lipinski definition) is 1. The van der Waals surface area contributed by atoms with E-state index in [1.807, 2.05) is 6.92 Å². The van der Waals surface area contributed by atoms with E-state index in [-0.39, 0.29) is 23.3 Å². The summed E-state index contributed by atoms with van der Waals surface area (Å²) in [4.78, 5) is 17.9. The molecule has 1 N–H and O–H groups in total. The second-order valence-corrected chi connectivity index (χ2v) is 4.10. The fourth-order valence-electron chi connectivity index (χ4n) is 1.54. The molecule has 8 heteroatoms. The van der Waals surface area contributed by atoms with Crippen molar-refractivity contribution < 1.29 is 14.1 Å². The molecule has 0 aliphatic carbocycles. The molecular weight excluding hydrogens is 279 g/mol. The van der Waals surface area contributed by atoms with Crippen molar-refractivity contribution in [2.24, 2.45) is 0 Å². The Morgan fingerprint density at radius 2 is 2.19 bits per heavy atom. The van der Waals surface area contributed by atoms with Crippen LogP contribution in [0.25, 0.3) is 0 Å². The number of anilines is 1. The predicted molar refractivity (Wildman–Crippen MR) is 73.9 cm³/mol. The summed E-state index contributed by atoms with van der Waals surface area (Å²) >= 11 is 0. The number of aromatic nitrogens is 2. The molecule has 1 heterocycles. The minimum atomic E-state index is -0.796. The maximum absolute atomic E-state index is 13.7. The molecule has 0 saturated carbocycles. The molecule has 0 aliphatic heterocycles. The fraction of sp³-hybridized carbons (Fsp3) is 0.231. The van der Waals surface area contributed by atoms with Gasteiger partial charge in [0.15, 0.2) is 0 Å². The lowest BCUT2D eigenvalue weighted by Crippen LogP contribution is -2.06. The average Bonchev–Trinajstić information content (AvgIpc) is 2.48. The zero-order valence-corrected chi connectivity index (χ0v) is 11.2. The van der Waals surface area contributed by atoms with Gasteiger partial charge in [0.2, 0.25) is 17.5 Å². The van der Waals surface area contributed by atoms with Crippen molar-refractivity contribution in [3.05, 3.63) is 46.4 Å². The second-order valence-electron chi connectivity index (χ2n) is 4.10. The van der Waals surface area contributed by atoms with E-state index in [9.17, 15) is 14.5 Å². The molecule has 0 amide bonds. The largest absolute Gasteiger partial charge is 0.429 e. The summed E-state index contributed by atoms with van der Waals surface area (Å²) < 4.78 is 18.9. The lowest BCUT2D eigenvalue weighted by atomic mass is 10.3. The number of nitro groups is 1. The third-order valence-corrected chi connectivity index (χ3v) is 2.51. The minimum Gasteiger partial charge on any atom is -0.429 e. The summed E-state index contributed by atoms with van der Waals surface area (Å²) in [6, 6.07) is 5.69. The molecule has 1 aromatic carbocycles. The standard InChI is InChI=1S/C13H13FN4O3/c1-2-7-15-13-16-8-9(14)12(17-13)21-11-6-4-3-5-10(11)18(19)20/h3-6,8H,2,7H2,1H3,(H,15,16,17). The normalized spacial score (nSPS) is 10.2. The molecule has 110 valence electrons. The maximum atomic E-state index is 13.7. The van der Waals surface area contributed by atoms with Crippen LogP contribution < -0.4 is 10.1 Å². The summed E-state index contributed by atoms with van der Waals surface area (Å²) in [6.45, 7) is 2.58. The summed E-state index contributed by atoms with van der Waals surface area (Å²) in [5.74, 6) is -1.04. The van der Waals surface area contributed by atoms with Gasteiger partial charge in [-0.05, 0) is 12.5 Å². The van der Waals surface area contributed by atoms with Crippen LogP contribution in [0, 0.1) is 15.9 Å². The van der Waals surface area contributed by atoms with E-state index in [0.29, 0.717) is 6.54 Å². The number of ether oxygens (including phenoxy) is 1. The quantitative estimate of drug-likeness (QED) is 0.649. The van der Waals surface area contributed by atoms with E-state index in [2.05, 4.69) is 15.3 Å². The van der Waals surface area contributed by atoms with Gasteiger partial charge in [-0.3, -0.25) is 10.1 Å². The Bertz CT molecular complexity index is 651. The highest BCUT2D eigenvalue weighted by Gasteiger charge is 2.17. The van der Waals surface area contributed by atoms with E-state index < -0.39 is 10.7 Å². The van der Waals surface area contributed by atoms with Gasteiger partial charge in [0.05, 0.1) is 11.1 Å². The van der Waals surface area contributed by atoms with Crippen LogP contribution in [0.2, 0.25) is 0 Å². The summed E-state index contributed by atoms with van der Waals surface area (Å²) in [5, 5.41) is 13.8. The first-order valence-electron chi connectivity index (χ1n) is 6.29. The topological polar surface area (TPSA) is 90.2 Å². The van der Waals surface area contributed by atoms with Crippen LogP contribution >= 0.6 is 0 Å². The molecule has 0 aliphatic rings. The SMILES string of the molecule is CCCNc1ncc(F)c(Oc2ccccc2[N+](=O)[O-])n1. The molecule has 7 nitrogen and oxygen atoms in total. The Hall–Kier alpha value is -2.77. The van der Waals surface area contributed by atoms with Crippen LogP contribution in [0.15, 0.2) is 30.5 Å². The van der Waals surface area contributed by atoms with Crippen LogP contribution in [0.1, 0.15) is 13.3 Å². The Morgan fingerprint density at radius 3 is 2.90 bits per heavy atom. The van der Waals surface area contributed by atoms with Crippen molar-refractivity contribution in [3.8, 4) is 11.6 Å². The number of hydrogen-bond acceptors (Lipinski definition) is 6. The zero-order chi connectivity index (χ0) is 15.2. The summed E-state index contributed by atoms with van der Waals surface area (Å²) in [5.41, 5.74) is -0.265. The van der Waals surface area contributed by atoms with Gasteiger partial charge in [-0.15, -0.1) is 0 Å². The van der Waals surface area contributed by atoms with Crippen LogP contribution in [0.4, 0.5) is 16.0 Å². The molecule has 0 radical (unpaired) electrons. The third kappa shape index (κ3) is 3.62. The number of nitrogens with one attached hydrogen (secondary N) is 1. The molecular formula is C13H13FN4O3. The average molecular weight is 292 g/mol. The smallest absolute Gasteiger partial charge is 0.311 e. The van der Waals surface area contributed by atoms with Gasteiger partial charge in [0.1, 0.15) is 0 Å². The number of nitro benzene ring substituents is 1. The summed E-state index contributed by atoms with van der Waals surface area (Å²) in [6.07, 6.45) is 1.80. The number of nitrogens with zero attached hydrogens (tertiary/aromatic N) is 3. The monoisotopic (exact) mass is 292 g/mol. The number of benzene rings is 1. The Labute approximate surface area is 120 Å². The molecule has 2 rings (SSSR count). The van der Waals surface area contributed by atoms with Crippen LogP contribution in [0.5, 0.6) is 11.6 Å². The van der Waals surface area contributed by atoms with Gasteiger partial charge in [0.25, 0.3) is 5.88 Å². The van der Waals surface area contributed by atoms with E-state index in [1.165, 1.54) is 18.2 Å². The summed E-state index contributed by atoms with van der Waals surface area (Å²) in [7, 11) is 0. The van der Waals surface area contributed by atoms with Gasteiger partial charge in [-0.2, -0.15) is 9.37 Å². The second kappa shape index (κ2) is 6.60. The first kappa shape index (κ1) is 14.6. The molecule has 0 spiro atoms. The van der Waals surface area contributed by atoms with Crippen molar-refractivity contribution in [3.63, 3.8) is 0 Å². The van der Waals surface area contributed by atoms with Crippen LogP contribution in [0.3, 0.4) is 0 Å². The van der Waals surface area contributed by atoms with Gasteiger partial charge in [-0.25, -0.2) is 4.98 Å². The first-order chi connectivity index (χ1) is 10.1. The molecule has 0 atom stereocenters. The van der Waals surface area contributed by atoms with E-state index >= 15 is 0 Å². The Morgan fingerprint density at radius 1 is 1.43 bits per heavy atom. The third-order valence-electron chi connectivity index (χ3n) is 2.51. The number of rotatable bonds is 6. The predicted octanol–water partition coefficient (Wildman–Crippen LogP) is 3.14. The van der Waals surface area contributed by atoms with Crippen LogP contribution in [-0.2, 0) is 0 Å². The minimum absolute atomic E-state index is 0.0819. The molecule has 21 heavy (non-hydrogen) atoms. The van der Waals surface area contributed by atoms with Crippen molar-refractivity contribution in [2.45, 2.75) is 13.3 Å². The Balaban J connectivity index is 2.29. The fourth-order valence-corrected chi connectivity index (χ4v) is 1.54. The number of para-hydroxylation sites is 2. The molecule has 1 aromatic heterocycles. The van der Waals surface area contributed by atoms with Gasteiger partial charge < -0.3 is 10.1 Å². The molecule has 0 unspecified atom stereocenters. The van der Waals surface area contributed by atoms with E-state index in [1.54, 1.807) is 6.07 Å². The van der Waals surface area contributed by atoms with Crippen molar-refractivity contribution >= 4 is 11.6 Å². The Kier molecular flexibility index (Phi) is 4.60. The highest BCUT2D eigenvalue weighted by molar-refractivity contribution is 5.47. The maximum Gasteiger partial charge on any atom is 0.311 e. The molecule has 0 saturated heterocycles. The molecule has 0 bridgehead atoms. The van der Waals surface area contributed by atoms with Gasteiger partial charge in [-0.1, -0.05) is 19.1 Å². The zero-order valence-electron chi connectivity index (χ0n) is 11.2. The van der Waals surface area contributed by atoms with Gasteiger partial charge >= 0.3 is 5.69 Å². The van der Waals surface area contributed by atoms with E-state index in [0.717, 1.165) is 12.6 Å². The number of halogens is 1. The first-order valence-corrected chi connectivity index (χ1v) is 6.29. The molecule has 2 aromatic rings. The highest BCUT2D eigenvalue weighted by Crippen LogP contribution is 2.31. The van der Waals surface area contributed by atoms with Crippen molar-refractivity contribution in [1.29, 1.82) is 0 Å². The van der Waals surface area contributed by atoms with E-state index in [4.69, 9.17) is 4.74 Å². The van der Waals surface area contributed by atoms with Crippen LogP contribution in [-0.4, -0.2) is 21.4 Å². The van der Waals surface area contributed by atoms with Crippen molar-refractivity contribution in [2.75, 3.05) is 11.9 Å². The lowest BCUT2D eigenvalue weighted by Gasteiger charge is -2.08. The molecule has 0 fully saturated rings. The van der Waals surface area contributed by atoms with Gasteiger partial charge in [0, 0.05) is 12.6 Å². The van der Waals surface area contributed by atoms with Crippen molar-refractivity contribution in [1.82, 2.24) is 9.97 Å².